The molecule has 3 rings (SSSR count). The fourth-order valence-electron chi connectivity index (χ4n) is 2.53. The number of benzene rings is 1. The first-order valence-corrected chi connectivity index (χ1v) is 8.18. The minimum atomic E-state index is -1.63. The predicted octanol–water partition coefficient (Wildman–Crippen LogP) is 1.98. The van der Waals surface area contributed by atoms with Crippen LogP contribution in [0.4, 0.5) is 0 Å². The van der Waals surface area contributed by atoms with Gasteiger partial charge in [-0.05, 0) is 0 Å². The highest BCUT2D eigenvalue weighted by molar-refractivity contribution is 6.55. The van der Waals surface area contributed by atoms with Crippen molar-refractivity contribution in [3.8, 4) is 0 Å². The summed E-state index contributed by atoms with van der Waals surface area (Å²) in [5, 5.41) is 10.6. The molecule has 1 aliphatic rings. The van der Waals surface area contributed by atoms with Gasteiger partial charge in [0.25, 0.3) is 11.8 Å². The predicted molar refractivity (Wildman–Crippen MR) is 88.1 cm³/mol. The number of rotatable bonds is 4. The van der Waals surface area contributed by atoms with Crippen LogP contribution in [0.3, 0.4) is 0 Å². The van der Waals surface area contributed by atoms with Gasteiger partial charge in [0.1, 0.15) is 0 Å². The summed E-state index contributed by atoms with van der Waals surface area (Å²) >= 11 is 23.9. The molecule has 0 saturated heterocycles. The number of nitrogens with one attached hydrogen (secondary N) is 1. The van der Waals surface area contributed by atoms with Gasteiger partial charge in [-0.1, -0.05) is 46.4 Å². The van der Waals surface area contributed by atoms with Crippen molar-refractivity contribution in [2.24, 2.45) is 0 Å². The zero-order valence-corrected chi connectivity index (χ0v) is 15.0. The van der Waals surface area contributed by atoms with Crippen LogP contribution in [0.2, 0.25) is 20.1 Å². The molecule has 0 fully saturated rings. The van der Waals surface area contributed by atoms with Gasteiger partial charge in [0.15, 0.2) is 0 Å². The molecule has 1 aromatic carbocycles. The Morgan fingerprint density at radius 3 is 2.00 bits per heavy atom. The summed E-state index contributed by atoms with van der Waals surface area (Å²) in [6.45, 7) is 0. The highest BCUT2D eigenvalue weighted by Crippen LogP contribution is 2.45. The number of aromatic nitrogens is 2. The quantitative estimate of drug-likeness (QED) is 0.461. The summed E-state index contributed by atoms with van der Waals surface area (Å²) in [4.78, 5) is 43.8. The molecule has 0 aliphatic carbocycles. The lowest BCUT2D eigenvalue weighted by Crippen LogP contribution is -2.51. The summed E-state index contributed by atoms with van der Waals surface area (Å²) in [5.41, 5.74) is -0.192. The van der Waals surface area contributed by atoms with Gasteiger partial charge < -0.3 is 14.9 Å². The van der Waals surface area contributed by atoms with Crippen molar-refractivity contribution in [2.45, 2.75) is 12.5 Å². The molecule has 0 bridgehead atoms. The Morgan fingerprint density at radius 2 is 1.60 bits per heavy atom. The Hall–Kier alpha value is -1.80. The maximum atomic E-state index is 12.7. The molecule has 7 nitrogen and oxygen atoms in total. The van der Waals surface area contributed by atoms with Crippen LogP contribution in [0.1, 0.15) is 26.4 Å². The number of imide groups is 1. The van der Waals surface area contributed by atoms with Crippen molar-refractivity contribution in [3.05, 3.63) is 49.4 Å². The minimum absolute atomic E-state index is 0.200. The second-order valence-corrected chi connectivity index (χ2v) is 6.61. The van der Waals surface area contributed by atoms with Gasteiger partial charge in [-0.15, -0.1) is 0 Å². The van der Waals surface area contributed by atoms with Crippen LogP contribution in [-0.2, 0) is 11.2 Å². The number of fused-ring (bicyclic) bond motifs is 1. The van der Waals surface area contributed by atoms with Crippen molar-refractivity contribution in [1.29, 1.82) is 0 Å². The molecular weight excluding hydrogens is 416 g/mol. The molecule has 0 saturated carbocycles. The number of H-pyrrole nitrogens is 1. The number of amides is 2. The number of halogens is 4. The lowest BCUT2D eigenvalue weighted by Gasteiger charge is -2.26. The van der Waals surface area contributed by atoms with Crippen LogP contribution in [-0.4, -0.2) is 38.7 Å². The van der Waals surface area contributed by atoms with Crippen LogP contribution in [0.5, 0.6) is 0 Å². The number of aromatic amines is 1. The number of hydrogen-bond acceptors (Lipinski definition) is 5. The van der Waals surface area contributed by atoms with Gasteiger partial charge in [-0.3, -0.25) is 14.5 Å². The van der Waals surface area contributed by atoms with Crippen LogP contribution in [0, 0.1) is 0 Å². The third-order valence-electron chi connectivity index (χ3n) is 3.68. The number of carboxylic acid groups (broad SMARTS) is 1. The normalized spacial score (nSPS) is 14.8. The van der Waals surface area contributed by atoms with E-state index in [1.807, 2.05) is 0 Å². The molecule has 1 atom stereocenters. The molecule has 1 N–H and O–H groups in total. The van der Waals surface area contributed by atoms with E-state index in [0.717, 1.165) is 0 Å². The molecule has 0 radical (unpaired) electrons. The molecule has 2 amide bonds. The van der Waals surface area contributed by atoms with Gasteiger partial charge in [-0.25, -0.2) is 4.98 Å². The Labute approximate surface area is 160 Å². The Kier molecular flexibility index (Phi) is 4.68. The van der Waals surface area contributed by atoms with Crippen molar-refractivity contribution in [3.63, 3.8) is 0 Å². The topological polar surface area (TPSA) is 106 Å². The average Bonchev–Trinajstić information content (AvgIpc) is 3.15. The van der Waals surface area contributed by atoms with Crippen molar-refractivity contribution in [2.75, 3.05) is 0 Å². The smallest absolute Gasteiger partial charge is 0.263 e. The Balaban J connectivity index is 2.11. The largest absolute Gasteiger partial charge is 0.548 e. The van der Waals surface area contributed by atoms with Crippen LogP contribution in [0.15, 0.2) is 12.5 Å². The first-order valence-electron chi connectivity index (χ1n) is 6.67. The number of nitrogens with zero attached hydrogens (tertiary/aromatic N) is 2. The summed E-state index contributed by atoms with van der Waals surface area (Å²) in [7, 11) is 0. The van der Waals surface area contributed by atoms with Gasteiger partial charge in [0, 0.05) is 18.3 Å². The fraction of sp³-hybridized carbons (Fsp3) is 0.143. The molecule has 11 heteroatoms. The minimum Gasteiger partial charge on any atom is -0.548 e. The summed E-state index contributed by atoms with van der Waals surface area (Å²) < 4.78 is 0. The first kappa shape index (κ1) is 18.0. The lowest BCUT2D eigenvalue weighted by atomic mass is 10.1. The third-order valence-corrected chi connectivity index (χ3v) is 5.49. The number of aliphatic carboxylic acids is 1. The summed E-state index contributed by atoms with van der Waals surface area (Å²) in [6, 6.07) is -1.60. The van der Waals surface area contributed by atoms with Gasteiger partial charge >= 0.3 is 0 Å². The van der Waals surface area contributed by atoms with Gasteiger partial charge in [-0.2, -0.15) is 0 Å². The monoisotopic (exact) mass is 420 g/mol. The molecule has 2 aromatic rings. The molecular formula is C14H6Cl4N3O4-. The van der Waals surface area contributed by atoms with E-state index in [4.69, 9.17) is 46.4 Å². The Bertz CT molecular complexity index is 867. The molecule has 130 valence electrons. The molecule has 1 aliphatic heterocycles. The number of carboxylic acids is 1. The van der Waals surface area contributed by atoms with E-state index in [9.17, 15) is 19.5 Å². The highest BCUT2D eigenvalue weighted by atomic mass is 35.5. The van der Waals surface area contributed by atoms with Gasteiger partial charge in [0.05, 0.1) is 49.6 Å². The second-order valence-electron chi connectivity index (χ2n) is 5.10. The van der Waals surface area contributed by atoms with Crippen LogP contribution in [0.25, 0.3) is 0 Å². The van der Waals surface area contributed by atoms with E-state index in [-0.39, 0.29) is 37.6 Å². The Morgan fingerprint density at radius 1 is 1.08 bits per heavy atom. The van der Waals surface area contributed by atoms with E-state index >= 15 is 0 Å². The fourth-order valence-corrected chi connectivity index (χ4v) is 3.55. The number of carbonyl (C=O) groups excluding carboxylic acids is 3. The first-order chi connectivity index (χ1) is 11.8. The molecule has 25 heavy (non-hydrogen) atoms. The highest BCUT2D eigenvalue weighted by Gasteiger charge is 2.45. The lowest BCUT2D eigenvalue weighted by molar-refractivity contribution is -0.310. The molecule has 0 unspecified atom stereocenters. The standard InChI is InChI=1S/C14H7Cl4N3O4/c15-8-6-7(9(16)11(18)10(8)17)13(23)21(12(6)22)5(14(24)25)1-4-2-19-3-20-4/h2-3,5H,1H2,(H,19,20)(H,24,25)/p-1/t5-/m0/s1. The third kappa shape index (κ3) is 2.77. The average molecular weight is 422 g/mol. The van der Waals surface area contributed by atoms with E-state index in [1.165, 1.54) is 12.5 Å². The molecule has 2 heterocycles. The van der Waals surface area contributed by atoms with Crippen molar-refractivity contribution in [1.82, 2.24) is 14.9 Å². The van der Waals surface area contributed by atoms with Crippen molar-refractivity contribution >= 4 is 64.2 Å². The molecule has 1 aromatic heterocycles. The van der Waals surface area contributed by atoms with Gasteiger partial charge in [0.2, 0.25) is 0 Å². The van der Waals surface area contributed by atoms with Crippen LogP contribution >= 0.6 is 46.4 Å². The number of carbonyl (C=O) groups is 3. The maximum absolute atomic E-state index is 12.7. The zero-order valence-electron chi connectivity index (χ0n) is 12.0. The second kappa shape index (κ2) is 6.49. The van der Waals surface area contributed by atoms with E-state index in [1.54, 1.807) is 0 Å². The zero-order chi connectivity index (χ0) is 18.5. The maximum Gasteiger partial charge on any atom is 0.263 e. The number of imidazole rings is 1. The van der Waals surface area contributed by atoms with Crippen LogP contribution < -0.4 is 5.11 Å². The number of hydrogen-bond donors (Lipinski definition) is 1. The summed E-state index contributed by atoms with van der Waals surface area (Å²) in [6.07, 6.45) is 2.46. The van der Waals surface area contributed by atoms with Crippen molar-refractivity contribution < 1.29 is 19.5 Å². The van der Waals surface area contributed by atoms with E-state index < -0.39 is 23.8 Å². The van der Waals surface area contributed by atoms with E-state index in [2.05, 4.69) is 9.97 Å². The summed E-state index contributed by atoms with van der Waals surface area (Å²) in [5.74, 6) is -3.52. The van der Waals surface area contributed by atoms with E-state index in [0.29, 0.717) is 10.6 Å². The SMILES string of the molecule is O=C([O-])[C@H](Cc1cnc[nH]1)N1C(=O)c2c(Cl)c(Cl)c(Cl)c(Cl)c2C1=O. The molecule has 0 spiro atoms.